The molecule has 0 spiro atoms. The first-order chi connectivity index (χ1) is 19.7. The monoisotopic (exact) mass is 593 g/mol. The Hall–Kier alpha value is -3.39. The summed E-state index contributed by atoms with van der Waals surface area (Å²) in [6, 6.07) is 0. The van der Waals surface area contributed by atoms with Gasteiger partial charge in [-0.3, -0.25) is 18.4 Å². The molecular formula is C21H24N9O10P. The number of aromatic nitrogens is 8. The molecule has 3 aliphatic heterocycles. The van der Waals surface area contributed by atoms with Crippen LogP contribution in [-0.4, -0.2) is 98.1 Å². The van der Waals surface area contributed by atoms with Gasteiger partial charge in [-0.25, -0.2) is 29.0 Å². The summed E-state index contributed by atoms with van der Waals surface area (Å²) in [5.74, 6) is -0.489. The first kappa shape index (κ1) is 26.5. The van der Waals surface area contributed by atoms with Crippen molar-refractivity contribution in [2.45, 2.75) is 49.5 Å². The highest BCUT2D eigenvalue weighted by Gasteiger charge is 2.52. The van der Waals surface area contributed by atoms with E-state index in [9.17, 15) is 24.5 Å². The van der Waals surface area contributed by atoms with Crippen LogP contribution in [0, 0.1) is 5.92 Å². The van der Waals surface area contributed by atoms with E-state index in [0.717, 1.165) is 6.33 Å². The second-order valence-corrected chi connectivity index (χ2v) is 11.2. The van der Waals surface area contributed by atoms with E-state index in [0.29, 0.717) is 11.2 Å². The number of imidazole rings is 2. The zero-order valence-corrected chi connectivity index (χ0v) is 21.8. The largest absolute Gasteiger partial charge is 0.472 e. The molecule has 3 saturated heterocycles. The number of aromatic amines is 1. The van der Waals surface area contributed by atoms with Crippen molar-refractivity contribution in [2.24, 2.45) is 5.92 Å². The van der Waals surface area contributed by atoms with Crippen molar-refractivity contribution >= 4 is 30.5 Å². The Balaban J connectivity index is 1.16. The molecule has 0 aromatic carbocycles. The molecule has 41 heavy (non-hydrogen) atoms. The second kappa shape index (κ2) is 9.86. The summed E-state index contributed by atoms with van der Waals surface area (Å²) >= 11 is 0. The molecule has 218 valence electrons. The lowest BCUT2D eigenvalue weighted by Crippen LogP contribution is -2.36. The third-order valence-electron chi connectivity index (χ3n) is 7.40. The Kier molecular flexibility index (Phi) is 6.38. The van der Waals surface area contributed by atoms with Crippen molar-refractivity contribution in [3.63, 3.8) is 0 Å². The highest BCUT2D eigenvalue weighted by molar-refractivity contribution is 7.47. The number of nitrogens with one attached hydrogen (secondary N) is 1. The summed E-state index contributed by atoms with van der Waals surface area (Å²) < 4.78 is 44.2. The molecule has 4 aromatic rings. The summed E-state index contributed by atoms with van der Waals surface area (Å²) in [7, 11) is -4.86. The van der Waals surface area contributed by atoms with Crippen molar-refractivity contribution in [3.8, 4) is 0 Å². The zero-order chi connectivity index (χ0) is 28.5. The molecule has 0 radical (unpaired) electrons. The number of rotatable bonds is 2. The molecule has 7 heterocycles. The molecule has 4 aromatic heterocycles. The molecule has 6 N–H and O–H groups in total. The molecule has 20 heteroatoms. The van der Waals surface area contributed by atoms with Crippen LogP contribution in [0.5, 0.6) is 0 Å². The molecule has 0 amide bonds. The lowest BCUT2D eigenvalue weighted by molar-refractivity contribution is -0.170. The lowest BCUT2D eigenvalue weighted by atomic mass is 9.95. The van der Waals surface area contributed by atoms with E-state index in [2.05, 4.69) is 30.0 Å². The highest BCUT2D eigenvalue weighted by Crippen LogP contribution is 2.51. The number of ether oxygens (including phenoxy) is 3. The summed E-state index contributed by atoms with van der Waals surface area (Å²) in [5, 5.41) is 26.3. The molecular weight excluding hydrogens is 569 g/mol. The zero-order valence-electron chi connectivity index (χ0n) is 20.9. The average molecular weight is 593 g/mol. The third-order valence-corrected chi connectivity index (χ3v) is 8.38. The van der Waals surface area contributed by atoms with Gasteiger partial charge in [-0.15, -0.1) is 0 Å². The molecule has 9 atom stereocenters. The summed E-state index contributed by atoms with van der Waals surface area (Å²) in [5.41, 5.74) is 6.12. The number of aliphatic hydroxyl groups is 2. The quantitative estimate of drug-likeness (QED) is 0.164. The van der Waals surface area contributed by atoms with Crippen molar-refractivity contribution in [1.82, 2.24) is 39.1 Å². The molecule has 0 saturated carbocycles. The standard InChI is InChI=1S/C21H24N9O10P/c22-16-11-17(25-5-24-16)29(7-27-11)20-12(31)8-1-2-36-21-13(32)15(40-41(34,35)37-4-10(8)38-20)14(39-21)9-3-23-18-19(33)26-6-28-30(9)18/h3,5-8,10,12-15,20-21,31-32H,1-2,4H2,(H,34,35)(H2,22,24,25)(H,26,28,33)/t8-,10-,12-,13+,14+,15-,20-,21?/m1/s1. The van der Waals surface area contributed by atoms with Crippen molar-refractivity contribution in [3.05, 3.63) is 41.2 Å². The van der Waals surface area contributed by atoms with Gasteiger partial charge in [0.15, 0.2) is 24.0 Å². The summed E-state index contributed by atoms with van der Waals surface area (Å²) in [6.07, 6.45) is -3.22. The molecule has 2 bridgehead atoms. The number of hydrogen-bond acceptors (Lipinski definition) is 15. The smallest absolute Gasteiger partial charge is 0.388 e. The predicted octanol–water partition coefficient (Wildman–Crippen LogP) is -1.60. The van der Waals surface area contributed by atoms with E-state index in [4.69, 9.17) is 29.0 Å². The maximum absolute atomic E-state index is 13.1. The van der Waals surface area contributed by atoms with Gasteiger partial charge in [0, 0.05) is 5.92 Å². The highest BCUT2D eigenvalue weighted by atomic mass is 31.2. The number of phosphoric ester groups is 1. The minimum absolute atomic E-state index is 0.00285. The minimum atomic E-state index is -4.86. The maximum atomic E-state index is 13.1. The Labute approximate surface area is 228 Å². The molecule has 3 fully saturated rings. The van der Waals surface area contributed by atoms with E-state index >= 15 is 0 Å². The topological polar surface area (TPSA) is 257 Å². The Morgan fingerprint density at radius 3 is 2.83 bits per heavy atom. The number of nitrogens with zero attached hydrogens (tertiary/aromatic N) is 7. The van der Waals surface area contributed by atoms with Crippen LogP contribution in [0.4, 0.5) is 5.82 Å². The van der Waals surface area contributed by atoms with E-state index in [1.807, 2.05) is 0 Å². The van der Waals surface area contributed by atoms with Gasteiger partial charge in [0.05, 0.1) is 37.5 Å². The second-order valence-electron chi connectivity index (χ2n) is 9.75. The summed E-state index contributed by atoms with van der Waals surface area (Å²) in [6.45, 7) is -0.447. The van der Waals surface area contributed by atoms with Gasteiger partial charge in [0.2, 0.25) is 5.65 Å². The van der Waals surface area contributed by atoms with Gasteiger partial charge >= 0.3 is 7.82 Å². The van der Waals surface area contributed by atoms with Crippen LogP contribution in [0.2, 0.25) is 0 Å². The van der Waals surface area contributed by atoms with Crippen LogP contribution >= 0.6 is 7.82 Å². The molecule has 2 unspecified atom stereocenters. The first-order valence-electron chi connectivity index (χ1n) is 12.5. The van der Waals surface area contributed by atoms with Gasteiger partial charge in [-0.1, -0.05) is 0 Å². The van der Waals surface area contributed by atoms with Crippen LogP contribution in [-0.2, 0) is 27.8 Å². The van der Waals surface area contributed by atoms with Crippen LogP contribution in [0.15, 0.2) is 30.0 Å². The minimum Gasteiger partial charge on any atom is -0.388 e. The molecule has 19 nitrogen and oxygen atoms in total. The van der Waals surface area contributed by atoms with E-state index in [1.54, 1.807) is 0 Å². The van der Waals surface area contributed by atoms with Crippen LogP contribution < -0.4 is 11.3 Å². The fourth-order valence-electron chi connectivity index (χ4n) is 5.44. The normalized spacial score (nSPS) is 36.3. The van der Waals surface area contributed by atoms with Gasteiger partial charge in [-0.05, 0) is 6.42 Å². The van der Waals surface area contributed by atoms with Crippen LogP contribution in [0.3, 0.4) is 0 Å². The van der Waals surface area contributed by atoms with E-state index < -0.39 is 68.9 Å². The fourth-order valence-corrected chi connectivity index (χ4v) is 6.38. The van der Waals surface area contributed by atoms with Crippen LogP contribution in [0.25, 0.3) is 16.8 Å². The SMILES string of the molecule is Nc1ncnc2c1ncn2[C@@H]1O[C@@H]2COP(=O)(O)O[C@@H]3[C@H](O)C(OCC[C@H]2[C@H]1O)O[C@H]3c1cnc2c(=O)[nH]cnn12. The van der Waals surface area contributed by atoms with Gasteiger partial charge < -0.3 is 40.0 Å². The maximum Gasteiger partial charge on any atom is 0.472 e. The predicted molar refractivity (Wildman–Crippen MR) is 132 cm³/mol. The first-order valence-corrected chi connectivity index (χ1v) is 14.0. The number of nitrogen functional groups attached to an aromatic ring is 1. The molecule has 7 rings (SSSR count). The molecule has 0 aliphatic carbocycles. The number of phosphoric acid groups is 1. The summed E-state index contributed by atoms with van der Waals surface area (Å²) in [4.78, 5) is 41.4. The average Bonchev–Trinajstić information content (AvgIpc) is 3.69. The van der Waals surface area contributed by atoms with Gasteiger partial charge in [-0.2, -0.15) is 5.10 Å². The van der Waals surface area contributed by atoms with Gasteiger partial charge in [0.25, 0.3) is 5.56 Å². The Morgan fingerprint density at radius 2 is 1.98 bits per heavy atom. The lowest BCUT2D eigenvalue weighted by Gasteiger charge is -2.26. The van der Waals surface area contributed by atoms with E-state index in [-0.39, 0.29) is 30.2 Å². The number of hydrogen-bond donors (Lipinski definition) is 5. The number of nitrogens with two attached hydrogens (primary N) is 1. The number of H-pyrrole nitrogens is 1. The Morgan fingerprint density at radius 1 is 1.12 bits per heavy atom. The third kappa shape index (κ3) is 4.42. The fraction of sp³-hybridized carbons (Fsp3) is 0.524. The van der Waals surface area contributed by atoms with Crippen molar-refractivity contribution in [2.75, 3.05) is 18.9 Å². The Bertz CT molecular complexity index is 1710. The van der Waals surface area contributed by atoms with Gasteiger partial charge in [0.1, 0.15) is 42.6 Å². The number of aliphatic hydroxyl groups excluding tert-OH is 2. The van der Waals surface area contributed by atoms with E-state index in [1.165, 1.54) is 27.9 Å². The van der Waals surface area contributed by atoms with Crippen molar-refractivity contribution < 1.29 is 42.9 Å². The van der Waals surface area contributed by atoms with Crippen LogP contribution in [0.1, 0.15) is 24.4 Å². The number of anilines is 1. The molecule has 3 aliphatic rings. The number of fused-ring (bicyclic) bond motifs is 5. The van der Waals surface area contributed by atoms with Crippen molar-refractivity contribution in [1.29, 1.82) is 0 Å².